The maximum atomic E-state index is 11.7. The van der Waals surface area contributed by atoms with E-state index in [0.717, 1.165) is 9.10 Å². The lowest BCUT2D eigenvalue weighted by Crippen LogP contribution is -2.27. The van der Waals surface area contributed by atoms with Gasteiger partial charge in [0.05, 0.1) is 16.0 Å². The van der Waals surface area contributed by atoms with Gasteiger partial charge in [0.2, 0.25) is 0 Å². The minimum atomic E-state index is -0.968. The van der Waals surface area contributed by atoms with E-state index in [0.29, 0.717) is 5.13 Å². The Hall–Kier alpha value is -2.06. The van der Waals surface area contributed by atoms with Crippen LogP contribution >= 0.6 is 23.1 Å². The fourth-order valence-electron chi connectivity index (χ4n) is 1.56. The van der Waals surface area contributed by atoms with Crippen LogP contribution in [0.25, 0.3) is 0 Å². The molecule has 0 bridgehead atoms. The zero-order valence-electron chi connectivity index (χ0n) is 12.8. The summed E-state index contributed by atoms with van der Waals surface area (Å²) in [6.07, 6.45) is 1.06. The molecule has 6 nitrogen and oxygen atoms in total. The monoisotopic (exact) mass is 352 g/mol. The number of carboxylic acids is 1. The maximum Gasteiger partial charge on any atom is 0.413 e. The number of hydrogen-bond donors (Lipinski definition) is 2. The molecule has 0 aliphatic rings. The SMILES string of the molecule is CC(C)(C)OC(=O)Nc1ncc(Sc2cccc(C(=O)O)c2)s1. The fraction of sp³-hybridized carbons (Fsp3) is 0.267. The smallest absolute Gasteiger partial charge is 0.413 e. The van der Waals surface area contributed by atoms with Crippen molar-refractivity contribution in [2.24, 2.45) is 0 Å². The van der Waals surface area contributed by atoms with E-state index in [4.69, 9.17) is 9.84 Å². The highest BCUT2D eigenvalue weighted by atomic mass is 32.2. The standard InChI is InChI=1S/C15H16N2O4S2/c1-15(2,3)21-14(20)17-13-16-8-11(23-13)22-10-6-4-5-9(7-10)12(18)19/h4-8H,1-3H3,(H,18,19)(H,16,17,20). The van der Waals surface area contributed by atoms with Gasteiger partial charge in [-0.05, 0) is 39.0 Å². The van der Waals surface area contributed by atoms with E-state index < -0.39 is 17.7 Å². The van der Waals surface area contributed by atoms with E-state index in [1.165, 1.54) is 29.2 Å². The number of amides is 1. The van der Waals surface area contributed by atoms with Crippen LogP contribution in [0.5, 0.6) is 0 Å². The lowest BCUT2D eigenvalue weighted by atomic mass is 10.2. The zero-order chi connectivity index (χ0) is 17.0. The highest BCUT2D eigenvalue weighted by molar-refractivity contribution is 8.01. The lowest BCUT2D eigenvalue weighted by Gasteiger charge is -2.18. The first-order valence-electron chi connectivity index (χ1n) is 6.70. The molecule has 23 heavy (non-hydrogen) atoms. The van der Waals surface area contributed by atoms with Crippen LogP contribution in [-0.4, -0.2) is 27.8 Å². The second-order valence-corrected chi connectivity index (χ2v) is 7.95. The molecule has 0 saturated carbocycles. The van der Waals surface area contributed by atoms with Crippen LogP contribution in [0.2, 0.25) is 0 Å². The first kappa shape index (κ1) is 17.3. The van der Waals surface area contributed by atoms with Crippen molar-refractivity contribution in [1.29, 1.82) is 0 Å². The van der Waals surface area contributed by atoms with E-state index in [2.05, 4.69) is 10.3 Å². The number of anilines is 1. The molecule has 1 heterocycles. The Morgan fingerprint density at radius 3 is 2.74 bits per heavy atom. The van der Waals surface area contributed by atoms with Crippen LogP contribution < -0.4 is 5.32 Å². The lowest BCUT2D eigenvalue weighted by molar-refractivity contribution is 0.0634. The minimum absolute atomic E-state index is 0.228. The number of carbonyl (C=O) groups excluding carboxylic acids is 1. The van der Waals surface area contributed by atoms with E-state index in [-0.39, 0.29) is 5.56 Å². The largest absolute Gasteiger partial charge is 0.478 e. The van der Waals surface area contributed by atoms with Crippen molar-refractivity contribution in [2.45, 2.75) is 35.5 Å². The van der Waals surface area contributed by atoms with Crippen molar-refractivity contribution in [3.05, 3.63) is 36.0 Å². The summed E-state index contributed by atoms with van der Waals surface area (Å²) in [6.45, 7) is 5.35. The first-order chi connectivity index (χ1) is 10.7. The molecular formula is C15H16N2O4S2. The highest BCUT2D eigenvalue weighted by Crippen LogP contribution is 2.34. The van der Waals surface area contributed by atoms with Crippen molar-refractivity contribution in [3.8, 4) is 0 Å². The highest BCUT2D eigenvalue weighted by Gasteiger charge is 2.17. The molecule has 2 aromatic rings. The van der Waals surface area contributed by atoms with Gasteiger partial charge in [-0.15, -0.1) is 0 Å². The molecule has 8 heteroatoms. The maximum absolute atomic E-state index is 11.7. The molecular weight excluding hydrogens is 336 g/mol. The number of nitrogens with zero attached hydrogens (tertiary/aromatic N) is 1. The molecule has 122 valence electrons. The van der Waals surface area contributed by atoms with Crippen molar-refractivity contribution in [1.82, 2.24) is 4.98 Å². The summed E-state index contributed by atoms with van der Waals surface area (Å²) in [6, 6.07) is 6.63. The van der Waals surface area contributed by atoms with Crippen molar-refractivity contribution in [3.63, 3.8) is 0 Å². The third-order valence-electron chi connectivity index (χ3n) is 2.39. The molecule has 1 aromatic heterocycles. The Morgan fingerprint density at radius 1 is 1.35 bits per heavy atom. The minimum Gasteiger partial charge on any atom is -0.478 e. The van der Waals surface area contributed by atoms with E-state index >= 15 is 0 Å². The molecule has 0 aliphatic heterocycles. The van der Waals surface area contributed by atoms with Crippen LogP contribution in [-0.2, 0) is 4.74 Å². The predicted molar refractivity (Wildman–Crippen MR) is 89.5 cm³/mol. The average Bonchev–Trinajstić information content (AvgIpc) is 2.83. The number of hydrogen-bond acceptors (Lipinski definition) is 6. The van der Waals surface area contributed by atoms with Gasteiger partial charge in [0.15, 0.2) is 5.13 Å². The summed E-state index contributed by atoms with van der Waals surface area (Å²) in [4.78, 5) is 27.5. The van der Waals surface area contributed by atoms with Gasteiger partial charge in [-0.25, -0.2) is 14.6 Å². The van der Waals surface area contributed by atoms with Crippen LogP contribution in [0.1, 0.15) is 31.1 Å². The molecule has 0 aliphatic carbocycles. The average molecular weight is 352 g/mol. The van der Waals surface area contributed by atoms with Crippen LogP contribution in [0.3, 0.4) is 0 Å². The molecule has 1 amide bonds. The number of rotatable bonds is 4. The number of thiazole rings is 1. The third-order valence-corrected chi connectivity index (χ3v) is 4.40. The molecule has 0 fully saturated rings. The number of ether oxygens (including phenoxy) is 1. The summed E-state index contributed by atoms with van der Waals surface area (Å²) in [5, 5.41) is 12.0. The third kappa shape index (κ3) is 5.57. The van der Waals surface area contributed by atoms with Crippen LogP contribution in [0.15, 0.2) is 39.6 Å². The van der Waals surface area contributed by atoms with Gasteiger partial charge in [0, 0.05) is 4.90 Å². The predicted octanol–water partition coefficient (Wildman–Crippen LogP) is 4.34. The number of aromatic nitrogens is 1. The summed E-state index contributed by atoms with van der Waals surface area (Å²) in [5.41, 5.74) is -0.345. The molecule has 2 rings (SSSR count). The van der Waals surface area contributed by atoms with Crippen LogP contribution in [0, 0.1) is 0 Å². The van der Waals surface area contributed by atoms with Crippen molar-refractivity contribution < 1.29 is 19.4 Å². The topological polar surface area (TPSA) is 88.5 Å². The van der Waals surface area contributed by atoms with Gasteiger partial charge in [-0.1, -0.05) is 29.2 Å². The number of nitrogens with one attached hydrogen (secondary N) is 1. The number of carboxylic acid groups (broad SMARTS) is 1. The van der Waals surface area contributed by atoms with Crippen molar-refractivity contribution >= 4 is 40.3 Å². The Bertz CT molecular complexity index is 722. The van der Waals surface area contributed by atoms with Gasteiger partial charge in [0.1, 0.15) is 5.60 Å². The molecule has 0 unspecified atom stereocenters. The summed E-state index contributed by atoms with van der Waals surface area (Å²) < 4.78 is 5.99. The Morgan fingerprint density at radius 2 is 2.09 bits per heavy atom. The molecule has 1 aromatic carbocycles. The molecule has 0 radical (unpaired) electrons. The Kier molecular flexibility index (Phi) is 5.27. The summed E-state index contributed by atoms with van der Waals surface area (Å²) in [7, 11) is 0. The molecule has 0 atom stereocenters. The summed E-state index contributed by atoms with van der Waals surface area (Å²) >= 11 is 2.67. The molecule has 0 saturated heterocycles. The van der Waals surface area contributed by atoms with E-state index in [1.54, 1.807) is 39.1 Å². The second kappa shape index (κ2) is 7.01. The van der Waals surface area contributed by atoms with E-state index in [9.17, 15) is 9.59 Å². The quantitative estimate of drug-likeness (QED) is 0.851. The number of carbonyl (C=O) groups is 2. The number of benzene rings is 1. The first-order valence-corrected chi connectivity index (χ1v) is 8.33. The molecule has 0 spiro atoms. The van der Waals surface area contributed by atoms with Gasteiger partial charge in [-0.3, -0.25) is 5.32 Å². The normalized spacial score (nSPS) is 11.1. The Balaban J connectivity index is 2.01. The van der Waals surface area contributed by atoms with Crippen LogP contribution in [0.4, 0.5) is 9.93 Å². The van der Waals surface area contributed by atoms with Crippen molar-refractivity contribution in [2.75, 3.05) is 5.32 Å². The van der Waals surface area contributed by atoms with E-state index in [1.807, 2.05) is 6.07 Å². The van der Waals surface area contributed by atoms with Gasteiger partial charge in [0.25, 0.3) is 0 Å². The van der Waals surface area contributed by atoms with Gasteiger partial charge in [-0.2, -0.15) is 0 Å². The zero-order valence-corrected chi connectivity index (χ0v) is 14.5. The molecule has 2 N–H and O–H groups in total. The Labute approximate surface area is 141 Å². The second-order valence-electron chi connectivity index (χ2n) is 5.55. The van der Waals surface area contributed by atoms with Gasteiger partial charge >= 0.3 is 12.1 Å². The van der Waals surface area contributed by atoms with Gasteiger partial charge < -0.3 is 9.84 Å². The fourth-order valence-corrected chi connectivity index (χ4v) is 3.46. The number of aromatic carboxylic acids is 1. The summed E-state index contributed by atoms with van der Waals surface area (Å²) in [5.74, 6) is -0.968.